The second-order valence-corrected chi connectivity index (χ2v) is 4.25. The van der Waals surface area contributed by atoms with E-state index in [-0.39, 0.29) is 6.04 Å². The number of hydrogen-bond donors (Lipinski definition) is 2. The molecule has 3 N–H and O–H groups in total. The molecule has 1 saturated carbocycles. The highest BCUT2D eigenvalue weighted by atomic mass is 15.1. The van der Waals surface area contributed by atoms with Crippen LogP contribution < -0.4 is 11.1 Å². The summed E-state index contributed by atoms with van der Waals surface area (Å²) in [5, 5.41) is 3.15. The number of aromatic nitrogens is 2. The Morgan fingerprint density at radius 3 is 2.60 bits per heavy atom. The molecule has 82 valence electrons. The lowest BCUT2D eigenvalue weighted by atomic mass is 9.81. The highest BCUT2D eigenvalue weighted by Crippen LogP contribution is 2.35. The zero-order chi connectivity index (χ0) is 10.7. The Kier molecular flexibility index (Phi) is 3.16. The van der Waals surface area contributed by atoms with Crippen molar-refractivity contribution in [1.29, 1.82) is 0 Å². The van der Waals surface area contributed by atoms with Crippen molar-refractivity contribution < 1.29 is 0 Å². The van der Waals surface area contributed by atoms with Crippen molar-refractivity contribution in [2.24, 2.45) is 5.73 Å². The SMILES string of the molecule is CC(CN)Nc1ncc(C2CCC2)cn1. The topological polar surface area (TPSA) is 63.8 Å². The fourth-order valence-corrected chi connectivity index (χ4v) is 1.64. The molecule has 0 aromatic carbocycles. The minimum Gasteiger partial charge on any atom is -0.351 e. The molecule has 1 aliphatic carbocycles. The van der Waals surface area contributed by atoms with E-state index < -0.39 is 0 Å². The maximum absolute atomic E-state index is 5.51. The summed E-state index contributed by atoms with van der Waals surface area (Å²) < 4.78 is 0. The Morgan fingerprint density at radius 2 is 2.13 bits per heavy atom. The summed E-state index contributed by atoms with van der Waals surface area (Å²) in [5.74, 6) is 1.38. The van der Waals surface area contributed by atoms with Crippen LogP contribution >= 0.6 is 0 Å². The zero-order valence-electron chi connectivity index (χ0n) is 9.11. The lowest BCUT2D eigenvalue weighted by Gasteiger charge is -2.25. The van der Waals surface area contributed by atoms with Gasteiger partial charge in [-0.3, -0.25) is 0 Å². The van der Waals surface area contributed by atoms with Gasteiger partial charge in [-0.1, -0.05) is 6.42 Å². The first-order valence-corrected chi connectivity index (χ1v) is 5.58. The van der Waals surface area contributed by atoms with Crippen molar-refractivity contribution in [3.8, 4) is 0 Å². The summed E-state index contributed by atoms with van der Waals surface area (Å²) in [7, 11) is 0. The first kappa shape index (κ1) is 10.4. The Labute approximate surface area is 90.3 Å². The van der Waals surface area contributed by atoms with Crippen molar-refractivity contribution in [3.05, 3.63) is 18.0 Å². The van der Waals surface area contributed by atoms with Gasteiger partial charge in [0.15, 0.2) is 0 Å². The maximum Gasteiger partial charge on any atom is 0.222 e. The standard InChI is InChI=1S/C11H18N4/c1-8(5-12)15-11-13-6-10(7-14-11)9-3-2-4-9/h6-9H,2-5,12H2,1H3,(H,13,14,15). The smallest absolute Gasteiger partial charge is 0.222 e. The van der Waals surface area contributed by atoms with Crippen LogP contribution in [0.5, 0.6) is 0 Å². The highest BCUT2D eigenvalue weighted by molar-refractivity contribution is 5.27. The summed E-state index contributed by atoms with van der Waals surface area (Å²) in [6.07, 6.45) is 7.78. The third kappa shape index (κ3) is 2.45. The Hall–Kier alpha value is -1.16. The van der Waals surface area contributed by atoms with Crippen LogP contribution in [-0.2, 0) is 0 Å². The summed E-state index contributed by atoms with van der Waals surface area (Å²) in [6, 6.07) is 0.222. The van der Waals surface area contributed by atoms with Gasteiger partial charge in [0, 0.05) is 25.0 Å². The lowest BCUT2D eigenvalue weighted by molar-refractivity contribution is 0.418. The van der Waals surface area contributed by atoms with Crippen molar-refractivity contribution in [3.63, 3.8) is 0 Å². The average molecular weight is 206 g/mol. The molecule has 4 heteroatoms. The van der Waals surface area contributed by atoms with Crippen LogP contribution in [0.3, 0.4) is 0 Å². The zero-order valence-corrected chi connectivity index (χ0v) is 9.11. The van der Waals surface area contributed by atoms with Crippen LogP contribution in [0.25, 0.3) is 0 Å². The van der Waals surface area contributed by atoms with E-state index in [1.54, 1.807) is 0 Å². The minimum atomic E-state index is 0.222. The summed E-state index contributed by atoms with van der Waals surface area (Å²) >= 11 is 0. The Morgan fingerprint density at radius 1 is 1.47 bits per heavy atom. The second-order valence-electron chi connectivity index (χ2n) is 4.25. The summed E-state index contributed by atoms with van der Waals surface area (Å²) in [6.45, 7) is 2.61. The average Bonchev–Trinajstić information content (AvgIpc) is 2.18. The third-order valence-electron chi connectivity index (χ3n) is 2.98. The third-order valence-corrected chi connectivity index (χ3v) is 2.98. The summed E-state index contributed by atoms with van der Waals surface area (Å²) in [4.78, 5) is 8.58. The quantitative estimate of drug-likeness (QED) is 0.783. The van der Waals surface area contributed by atoms with Gasteiger partial charge < -0.3 is 11.1 Å². The van der Waals surface area contributed by atoms with Gasteiger partial charge >= 0.3 is 0 Å². The summed E-state index contributed by atoms with van der Waals surface area (Å²) in [5.41, 5.74) is 6.78. The Balaban J connectivity index is 1.97. The predicted molar refractivity (Wildman–Crippen MR) is 60.8 cm³/mol. The van der Waals surface area contributed by atoms with Crippen LogP contribution in [0.15, 0.2) is 12.4 Å². The molecule has 2 rings (SSSR count). The van der Waals surface area contributed by atoms with Gasteiger partial charge in [0.1, 0.15) is 0 Å². The normalized spacial score (nSPS) is 18.3. The molecule has 1 heterocycles. The lowest BCUT2D eigenvalue weighted by Crippen LogP contribution is -2.26. The molecule has 1 aromatic rings. The van der Waals surface area contributed by atoms with Gasteiger partial charge in [-0.25, -0.2) is 9.97 Å². The molecular weight excluding hydrogens is 188 g/mol. The van der Waals surface area contributed by atoms with Crippen LogP contribution in [0, 0.1) is 0 Å². The fourth-order valence-electron chi connectivity index (χ4n) is 1.64. The second kappa shape index (κ2) is 4.57. The molecule has 0 bridgehead atoms. The first-order chi connectivity index (χ1) is 7.29. The highest BCUT2D eigenvalue weighted by Gasteiger charge is 2.19. The van der Waals surface area contributed by atoms with Gasteiger partial charge in [-0.2, -0.15) is 0 Å². The monoisotopic (exact) mass is 206 g/mol. The molecule has 4 nitrogen and oxygen atoms in total. The van der Waals surface area contributed by atoms with E-state index >= 15 is 0 Å². The molecule has 0 aliphatic heterocycles. The number of nitrogens with two attached hydrogens (primary N) is 1. The van der Waals surface area contributed by atoms with E-state index in [2.05, 4.69) is 15.3 Å². The van der Waals surface area contributed by atoms with Crippen LogP contribution in [-0.4, -0.2) is 22.6 Å². The van der Waals surface area contributed by atoms with Gasteiger partial charge in [0.05, 0.1) is 0 Å². The van der Waals surface area contributed by atoms with Gasteiger partial charge in [-0.15, -0.1) is 0 Å². The van der Waals surface area contributed by atoms with E-state index in [1.165, 1.54) is 24.8 Å². The molecule has 0 spiro atoms. The van der Waals surface area contributed by atoms with Crippen LogP contribution in [0.4, 0.5) is 5.95 Å². The number of nitrogens with zero attached hydrogens (tertiary/aromatic N) is 2. The van der Waals surface area contributed by atoms with E-state index in [0.717, 1.165) is 0 Å². The van der Waals surface area contributed by atoms with E-state index in [0.29, 0.717) is 18.4 Å². The molecule has 1 atom stereocenters. The minimum absolute atomic E-state index is 0.222. The van der Waals surface area contributed by atoms with Crippen LogP contribution in [0.1, 0.15) is 37.7 Å². The predicted octanol–water partition coefficient (Wildman–Crippen LogP) is 1.50. The fraction of sp³-hybridized carbons (Fsp3) is 0.636. The molecule has 1 aromatic heterocycles. The largest absolute Gasteiger partial charge is 0.351 e. The van der Waals surface area contributed by atoms with E-state index in [4.69, 9.17) is 5.73 Å². The van der Waals surface area contributed by atoms with E-state index in [9.17, 15) is 0 Å². The molecule has 15 heavy (non-hydrogen) atoms. The first-order valence-electron chi connectivity index (χ1n) is 5.58. The number of hydrogen-bond acceptors (Lipinski definition) is 4. The van der Waals surface area contributed by atoms with Gasteiger partial charge in [-0.05, 0) is 31.2 Å². The van der Waals surface area contributed by atoms with Crippen molar-refractivity contribution in [2.45, 2.75) is 38.1 Å². The Bertz CT molecular complexity index is 305. The van der Waals surface area contributed by atoms with Gasteiger partial charge in [0.25, 0.3) is 0 Å². The number of rotatable bonds is 4. The number of anilines is 1. The maximum atomic E-state index is 5.51. The molecule has 0 saturated heterocycles. The van der Waals surface area contributed by atoms with Crippen molar-refractivity contribution in [2.75, 3.05) is 11.9 Å². The van der Waals surface area contributed by atoms with Crippen molar-refractivity contribution in [1.82, 2.24) is 9.97 Å². The number of nitrogens with one attached hydrogen (secondary N) is 1. The molecule has 1 unspecified atom stereocenters. The van der Waals surface area contributed by atoms with E-state index in [1.807, 2.05) is 19.3 Å². The molecule has 0 amide bonds. The molecule has 0 radical (unpaired) electrons. The molecular formula is C11H18N4. The molecule has 1 aliphatic rings. The van der Waals surface area contributed by atoms with Crippen molar-refractivity contribution >= 4 is 5.95 Å². The molecule has 1 fully saturated rings. The van der Waals surface area contributed by atoms with Crippen LogP contribution in [0.2, 0.25) is 0 Å². The van der Waals surface area contributed by atoms with Gasteiger partial charge in [0.2, 0.25) is 5.95 Å².